The minimum atomic E-state index is -0.512. The van der Waals surface area contributed by atoms with E-state index in [1.165, 1.54) is 0 Å². The molecule has 1 aromatic carbocycles. The van der Waals surface area contributed by atoms with E-state index in [2.05, 4.69) is 26.2 Å². The highest BCUT2D eigenvalue weighted by Gasteiger charge is 2.07. The van der Waals surface area contributed by atoms with Gasteiger partial charge in [0.05, 0.1) is 0 Å². The van der Waals surface area contributed by atoms with Gasteiger partial charge >= 0.3 is 6.09 Å². The smallest absolute Gasteiger partial charge is 0.413 e. The van der Waals surface area contributed by atoms with Crippen LogP contribution in [-0.2, 0) is 11.3 Å². The fourth-order valence-corrected chi connectivity index (χ4v) is 1.97. The van der Waals surface area contributed by atoms with E-state index in [4.69, 9.17) is 4.74 Å². The van der Waals surface area contributed by atoms with Crippen LogP contribution < -0.4 is 5.32 Å². The van der Waals surface area contributed by atoms with Crippen LogP contribution >= 0.6 is 15.9 Å². The van der Waals surface area contributed by atoms with Crippen LogP contribution in [0.15, 0.2) is 47.1 Å². The van der Waals surface area contributed by atoms with Gasteiger partial charge < -0.3 is 4.74 Å². The van der Waals surface area contributed by atoms with Gasteiger partial charge in [0, 0.05) is 10.7 Å². The van der Waals surface area contributed by atoms with Gasteiger partial charge in [0.25, 0.3) is 0 Å². The molecule has 1 N–H and O–H groups in total. The number of carbonyl (C=O) groups excluding carboxylic acids is 1. The van der Waals surface area contributed by atoms with Crippen LogP contribution in [0.5, 0.6) is 0 Å². The summed E-state index contributed by atoms with van der Waals surface area (Å²) in [6.45, 7) is 2.10. The van der Waals surface area contributed by atoms with E-state index in [1.807, 2.05) is 43.3 Å². The van der Waals surface area contributed by atoms with E-state index in [0.717, 1.165) is 15.6 Å². The van der Waals surface area contributed by atoms with Crippen molar-refractivity contribution in [3.05, 3.63) is 58.2 Å². The first kappa shape index (κ1) is 13.5. The molecule has 0 radical (unpaired) electrons. The van der Waals surface area contributed by atoms with Gasteiger partial charge in [0.1, 0.15) is 12.4 Å². The number of benzene rings is 1. The van der Waals surface area contributed by atoms with Crippen LogP contribution in [0, 0.1) is 6.92 Å². The summed E-state index contributed by atoms with van der Waals surface area (Å²) in [4.78, 5) is 15.8. The number of ether oxygens (including phenoxy) is 1. The Bertz CT molecular complexity index is 573. The van der Waals surface area contributed by atoms with Gasteiger partial charge in [0.15, 0.2) is 0 Å². The van der Waals surface area contributed by atoms with E-state index >= 15 is 0 Å². The number of anilines is 1. The lowest BCUT2D eigenvalue weighted by Crippen LogP contribution is -2.15. The van der Waals surface area contributed by atoms with Gasteiger partial charge in [-0.3, -0.25) is 5.32 Å². The molecule has 19 heavy (non-hydrogen) atoms. The number of rotatable bonds is 3. The number of hydrogen-bond acceptors (Lipinski definition) is 3. The van der Waals surface area contributed by atoms with Crippen molar-refractivity contribution in [2.75, 3.05) is 5.32 Å². The molecule has 0 aliphatic carbocycles. The molecule has 2 rings (SSSR count). The predicted molar refractivity (Wildman–Crippen MR) is 76.9 cm³/mol. The van der Waals surface area contributed by atoms with Crippen molar-refractivity contribution in [3.63, 3.8) is 0 Å². The number of aryl methyl sites for hydroxylation is 1. The number of nitrogens with zero attached hydrogens (tertiary/aromatic N) is 1. The highest BCUT2D eigenvalue weighted by Crippen LogP contribution is 2.16. The molecule has 0 fully saturated rings. The summed E-state index contributed by atoms with van der Waals surface area (Å²) in [5.41, 5.74) is 1.81. The molecule has 5 heteroatoms. The number of nitrogens with one attached hydrogen (secondary N) is 1. The molecule has 1 aromatic heterocycles. The molecular formula is C14H13BrN2O2. The third-order valence-electron chi connectivity index (χ3n) is 2.48. The van der Waals surface area contributed by atoms with Gasteiger partial charge in [-0.05, 0) is 40.0 Å². The van der Waals surface area contributed by atoms with E-state index in [0.29, 0.717) is 5.82 Å². The van der Waals surface area contributed by atoms with Crippen molar-refractivity contribution in [2.45, 2.75) is 13.5 Å². The van der Waals surface area contributed by atoms with Crippen LogP contribution in [0.4, 0.5) is 10.6 Å². The molecule has 0 bridgehead atoms. The first-order valence-electron chi connectivity index (χ1n) is 5.75. The molecule has 0 atom stereocenters. The Hall–Kier alpha value is -1.88. The van der Waals surface area contributed by atoms with Crippen molar-refractivity contribution in [1.29, 1.82) is 0 Å². The van der Waals surface area contributed by atoms with Gasteiger partial charge in [-0.2, -0.15) is 0 Å². The number of pyridine rings is 1. The molecule has 98 valence electrons. The monoisotopic (exact) mass is 320 g/mol. The normalized spacial score (nSPS) is 10.0. The molecule has 0 unspecified atom stereocenters. The first-order chi connectivity index (χ1) is 9.15. The number of halogens is 1. The van der Waals surface area contributed by atoms with Crippen LogP contribution in [0.2, 0.25) is 0 Å². The molecule has 4 nitrogen and oxygen atoms in total. The van der Waals surface area contributed by atoms with Gasteiger partial charge in [-0.25, -0.2) is 9.78 Å². The summed E-state index contributed by atoms with van der Waals surface area (Å²) >= 11 is 3.32. The first-order valence-corrected chi connectivity index (χ1v) is 6.54. The second-order valence-corrected chi connectivity index (χ2v) is 4.92. The van der Waals surface area contributed by atoms with Crippen molar-refractivity contribution < 1.29 is 9.53 Å². The zero-order chi connectivity index (χ0) is 13.7. The maximum absolute atomic E-state index is 11.6. The van der Waals surface area contributed by atoms with Crippen LogP contribution in [-0.4, -0.2) is 11.1 Å². The van der Waals surface area contributed by atoms with Crippen molar-refractivity contribution in [1.82, 2.24) is 4.98 Å². The zero-order valence-corrected chi connectivity index (χ0v) is 12.0. The highest BCUT2D eigenvalue weighted by molar-refractivity contribution is 9.10. The summed E-state index contributed by atoms with van der Waals surface area (Å²) in [5, 5.41) is 2.61. The van der Waals surface area contributed by atoms with Gasteiger partial charge in [-0.1, -0.05) is 30.3 Å². The highest BCUT2D eigenvalue weighted by atomic mass is 79.9. The summed E-state index contributed by atoms with van der Waals surface area (Å²) in [5.74, 6) is 0.501. The topological polar surface area (TPSA) is 51.2 Å². The lowest BCUT2D eigenvalue weighted by Gasteiger charge is -2.08. The SMILES string of the molecule is Cc1cc(Br)cnc1NC(=O)OCc1ccccc1. The second-order valence-electron chi connectivity index (χ2n) is 4.01. The van der Waals surface area contributed by atoms with E-state index < -0.39 is 6.09 Å². The van der Waals surface area contributed by atoms with Crippen LogP contribution in [0.1, 0.15) is 11.1 Å². The van der Waals surface area contributed by atoms with Crippen molar-refractivity contribution >= 4 is 27.8 Å². The fraction of sp³-hybridized carbons (Fsp3) is 0.143. The van der Waals surface area contributed by atoms with Gasteiger partial charge in [-0.15, -0.1) is 0 Å². The molecule has 0 aliphatic rings. The summed E-state index contributed by atoms with van der Waals surface area (Å²) in [6, 6.07) is 11.4. The Labute approximate surface area is 119 Å². The number of carbonyl (C=O) groups is 1. The molecule has 0 saturated heterocycles. The van der Waals surface area contributed by atoms with E-state index in [-0.39, 0.29) is 6.61 Å². The fourth-order valence-electron chi connectivity index (χ4n) is 1.53. The third-order valence-corrected chi connectivity index (χ3v) is 2.91. The maximum Gasteiger partial charge on any atom is 0.413 e. The zero-order valence-electron chi connectivity index (χ0n) is 10.4. The molecule has 0 spiro atoms. The maximum atomic E-state index is 11.6. The van der Waals surface area contributed by atoms with Gasteiger partial charge in [0.2, 0.25) is 0 Å². The quantitative estimate of drug-likeness (QED) is 0.933. The van der Waals surface area contributed by atoms with E-state index in [9.17, 15) is 4.79 Å². The Morgan fingerprint density at radius 1 is 1.37 bits per heavy atom. The molecule has 1 heterocycles. The Kier molecular flexibility index (Phi) is 4.52. The second kappa shape index (κ2) is 6.33. The standard InChI is InChI=1S/C14H13BrN2O2/c1-10-7-12(15)8-16-13(10)17-14(18)19-9-11-5-3-2-4-6-11/h2-8H,9H2,1H3,(H,16,17,18). The molecular weight excluding hydrogens is 308 g/mol. The molecule has 0 saturated carbocycles. The third kappa shape index (κ3) is 4.06. The Morgan fingerprint density at radius 3 is 2.79 bits per heavy atom. The number of hydrogen-bond donors (Lipinski definition) is 1. The minimum absolute atomic E-state index is 0.238. The Balaban J connectivity index is 1.91. The number of amides is 1. The lowest BCUT2D eigenvalue weighted by atomic mass is 10.2. The predicted octanol–water partition coefficient (Wildman–Crippen LogP) is 3.90. The van der Waals surface area contributed by atoms with Crippen molar-refractivity contribution in [2.24, 2.45) is 0 Å². The summed E-state index contributed by atoms with van der Waals surface area (Å²) in [6.07, 6.45) is 1.11. The van der Waals surface area contributed by atoms with Crippen LogP contribution in [0.25, 0.3) is 0 Å². The molecule has 1 amide bonds. The van der Waals surface area contributed by atoms with E-state index in [1.54, 1.807) is 6.20 Å². The lowest BCUT2D eigenvalue weighted by molar-refractivity contribution is 0.155. The van der Waals surface area contributed by atoms with Crippen molar-refractivity contribution in [3.8, 4) is 0 Å². The summed E-state index contributed by atoms with van der Waals surface area (Å²) in [7, 11) is 0. The number of aromatic nitrogens is 1. The Morgan fingerprint density at radius 2 is 2.11 bits per heavy atom. The van der Waals surface area contributed by atoms with Crippen LogP contribution in [0.3, 0.4) is 0 Å². The molecule has 2 aromatic rings. The average molecular weight is 321 g/mol. The average Bonchev–Trinajstić information content (AvgIpc) is 2.41. The largest absolute Gasteiger partial charge is 0.444 e. The minimum Gasteiger partial charge on any atom is -0.444 e. The summed E-state index contributed by atoms with van der Waals surface area (Å²) < 4.78 is 5.98. The molecule has 0 aliphatic heterocycles.